The van der Waals surface area contributed by atoms with Crippen molar-refractivity contribution < 1.29 is 14.3 Å². The number of rotatable bonds is 4. The van der Waals surface area contributed by atoms with Crippen molar-refractivity contribution in [1.29, 1.82) is 0 Å². The molecule has 3 fully saturated rings. The lowest BCUT2D eigenvalue weighted by Crippen LogP contribution is -2.42. The molecule has 2 saturated carbocycles. The van der Waals surface area contributed by atoms with Crippen molar-refractivity contribution in [3.05, 3.63) is 12.2 Å². The highest BCUT2D eigenvalue weighted by atomic mass is 16.6. The van der Waals surface area contributed by atoms with Crippen LogP contribution in [-0.2, 0) is 14.3 Å². The maximum absolute atomic E-state index is 12.2. The van der Waals surface area contributed by atoms with Gasteiger partial charge in [-0.25, -0.2) is 4.79 Å². The lowest BCUT2D eigenvalue weighted by atomic mass is 9.81. The van der Waals surface area contributed by atoms with Crippen LogP contribution in [0, 0.1) is 5.92 Å². The normalized spacial score (nSPS) is 34.0. The zero-order chi connectivity index (χ0) is 15.6. The first-order chi connectivity index (χ1) is 10.6. The molecule has 3 rings (SSSR count). The van der Waals surface area contributed by atoms with Gasteiger partial charge in [-0.3, -0.25) is 0 Å². The zero-order valence-corrected chi connectivity index (χ0v) is 13.9. The number of carbonyl (C=O) groups excluding carboxylic acids is 1. The molecule has 0 radical (unpaired) electrons. The molecule has 3 heteroatoms. The summed E-state index contributed by atoms with van der Waals surface area (Å²) in [7, 11) is 0. The molecule has 3 aliphatic rings. The fraction of sp³-hybridized carbons (Fsp3) is 0.842. The van der Waals surface area contributed by atoms with Crippen LogP contribution in [0.3, 0.4) is 0 Å². The summed E-state index contributed by atoms with van der Waals surface area (Å²) in [4.78, 5) is 12.2. The van der Waals surface area contributed by atoms with Crippen molar-refractivity contribution in [3.8, 4) is 0 Å². The van der Waals surface area contributed by atoms with Crippen molar-refractivity contribution in [2.24, 2.45) is 5.92 Å². The molecule has 124 valence electrons. The Bertz CT molecular complexity index is 422. The van der Waals surface area contributed by atoms with Gasteiger partial charge in [-0.05, 0) is 38.5 Å². The van der Waals surface area contributed by atoms with Gasteiger partial charge in [0, 0.05) is 5.57 Å². The molecule has 1 saturated heterocycles. The van der Waals surface area contributed by atoms with Gasteiger partial charge in [0.1, 0.15) is 11.7 Å². The summed E-state index contributed by atoms with van der Waals surface area (Å²) in [6.07, 6.45) is 13.7. The van der Waals surface area contributed by atoms with Gasteiger partial charge >= 0.3 is 5.97 Å². The molecule has 0 aromatic carbocycles. The summed E-state index contributed by atoms with van der Waals surface area (Å²) in [5.74, 6) is 0.232. The predicted molar refractivity (Wildman–Crippen MR) is 86.6 cm³/mol. The smallest absolute Gasteiger partial charge is 0.333 e. The third-order valence-corrected chi connectivity index (χ3v) is 5.78. The van der Waals surface area contributed by atoms with Crippen molar-refractivity contribution in [1.82, 2.24) is 0 Å². The number of hydrogen-bond acceptors (Lipinski definition) is 3. The van der Waals surface area contributed by atoms with Gasteiger partial charge in [0.15, 0.2) is 0 Å². The molecular weight excluding hydrogens is 276 g/mol. The van der Waals surface area contributed by atoms with Crippen LogP contribution in [0.4, 0.5) is 0 Å². The van der Waals surface area contributed by atoms with Crippen molar-refractivity contribution >= 4 is 5.97 Å². The van der Waals surface area contributed by atoms with Crippen LogP contribution in [0.5, 0.6) is 0 Å². The van der Waals surface area contributed by atoms with Gasteiger partial charge in [-0.2, -0.15) is 0 Å². The van der Waals surface area contributed by atoms with Crippen LogP contribution in [0.25, 0.3) is 0 Å². The highest BCUT2D eigenvalue weighted by molar-refractivity contribution is 5.87. The Balaban J connectivity index is 1.79. The van der Waals surface area contributed by atoms with E-state index in [9.17, 15) is 4.79 Å². The SMILES string of the molecule is C=C(C)C(=O)OC(C1CCCCCC1)C12CCCCCC1O2. The molecule has 3 atom stereocenters. The number of ether oxygens (including phenoxy) is 2. The second-order valence-electron chi connectivity index (χ2n) is 7.52. The first-order valence-corrected chi connectivity index (χ1v) is 9.18. The van der Waals surface area contributed by atoms with E-state index in [1.165, 1.54) is 57.8 Å². The van der Waals surface area contributed by atoms with Crippen LogP contribution in [-0.4, -0.2) is 23.8 Å². The van der Waals surface area contributed by atoms with E-state index in [0.29, 0.717) is 17.6 Å². The average molecular weight is 306 g/mol. The summed E-state index contributed by atoms with van der Waals surface area (Å²) in [5.41, 5.74) is 0.331. The van der Waals surface area contributed by atoms with E-state index >= 15 is 0 Å². The standard InChI is InChI=1S/C19H30O3/c1-14(2)18(20)21-17(15-10-6-3-4-7-11-15)19-13-9-5-8-12-16(19)22-19/h15-17H,1,3-13H2,2H3. The lowest BCUT2D eigenvalue weighted by molar-refractivity contribution is -0.152. The molecule has 3 nitrogen and oxygen atoms in total. The van der Waals surface area contributed by atoms with E-state index in [4.69, 9.17) is 9.47 Å². The largest absolute Gasteiger partial charge is 0.456 e. The zero-order valence-electron chi connectivity index (χ0n) is 13.9. The van der Waals surface area contributed by atoms with Crippen LogP contribution < -0.4 is 0 Å². The Morgan fingerprint density at radius 3 is 2.41 bits per heavy atom. The van der Waals surface area contributed by atoms with Crippen molar-refractivity contribution in [2.75, 3.05) is 0 Å². The second kappa shape index (κ2) is 6.74. The average Bonchev–Trinajstić information content (AvgIpc) is 3.24. The number of esters is 1. The van der Waals surface area contributed by atoms with E-state index in [-0.39, 0.29) is 17.7 Å². The Morgan fingerprint density at radius 1 is 1.09 bits per heavy atom. The summed E-state index contributed by atoms with van der Waals surface area (Å²) in [6, 6.07) is 0. The number of hydrogen-bond donors (Lipinski definition) is 0. The number of fused-ring (bicyclic) bond motifs is 1. The van der Waals surface area contributed by atoms with Crippen LogP contribution in [0.1, 0.15) is 77.6 Å². The van der Waals surface area contributed by atoms with E-state index in [2.05, 4.69) is 6.58 Å². The fourth-order valence-corrected chi connectivity index (χ4v) is 4.48. The van der Waals surface area contributed by atoms with E-state index in [1.807, 2.05) is 0 Å². The van der Waals surface area contributed by atoms with Crippen LogP contribution >= 0.6 is 0 Å². The second-order valence-corrected chi connectivity index (χ2v) is 7.52. The van der Waals surface area contributed by atoms with Gasteiger partial charge in [-0.15, -0.1) is 0 Å². The summed E-state index contributed by atoms with van der Waals surface area (Å²) in [5, 5.41) is 0. The molecule has 2 aliphatic carbocycles. The Morgan fingerprint density at radius 2 is 1.73 bits per heavy atom. The van der Waals surface area contributed by atoms with Crippen LogP contribution in [0.2, 0.25) is 0 Å². The van der Waals surface area contributed by atoms with Gasteiger partial charge < -0.3 is 9.47 Å². The summed E-state index contributed by atoms with van der Waals surface area (Å²) < 4.78 is 12.2. The highest BCUT2D eigenvalue weighted by Crippen LogP contribution is 2.53. The number of epoxide rings is 1. The van der Waals surface area contributed by atoms with Gasteiger partial charge in [-0.1, -0.05) is 51.5 Å². The summed E-state index contributed by atoms with van der Waals surface area (Å²) >= 11 is 0. The predicted octanol–water partition coefficient (Wildman–Crippen LogP) is 4.55. The van der Waals surface area contributed by atoms with E-state index < -0.39 is 0 Å². The minimum atomic E-state index is -0.234. The maximum atomic E-state index is 12.2. The lowest BCUT2D eigenvalue weighted by Gasteiger charge is -2.31. The molecule has 3 unspecified atom stereocenters. The molecule has 0 spiro atoms. The first-order valence-electron chi connectivity index (χ1n) is 9.18. The van der Waals surface area contributed by atoms with E-state index in [1.54, 1.807) is 6.92 Å². The minimum absolute atomic E-state index is 0.0575. The van der Waals surface area contributed by atoms with Crippen LogP contribution in [0.15, 0.2) is 12.2 Å². The Hall–Kier alpha value is -0.830. The molecule has 1 heterocycles. The van der Waals surface area contributed by atoms with Crippen molar-refractivity contribution in [3.63, 3.8) is 0 Å². The van der Waals surface area contributed by atoms with Gasteiger partial charge in [0.25, 0.3) is 0 Å². The molecule has 0 aromatic heterocycles. The molecule has 0 aromatic rings. The third kappa shape index (κ3) is 3.24. The number of carbonyl (C=O) groups is 1. The topological polar surface area (TPSA) is 38.8 Å². The Kier molecular flexibility index (Phi) is 4.91. The van der Waals surface area contributed by atoms with Gasteiger partial charge in [0.2, 0.25) is 0 Å². The molecule has 0 N–H and O–H groups in total. The monoisotopic (exact) mass is 306 g/mol. The molecular formula is C19H30O3. The first kappa shape index (κ1) is 16.0. The molecule has 0 amide bonds. The Labute approximate surface area is 134 Å². The fourth-order valence-electron chi connectivity index (χ4n) is 4.48. The maximum Gasteiger partial charge on any atom is 0.333 e. The van der Waals surface area contributed by atoms with Crippen molar-refractivity contribution in [2.45, 2.75) is 95.4 Å². The molecule has 22 heavy (non-hydrogen) atoms. The third-order valence-electron chi connectivity index (χ3n) is 5.78. The summed E-state index contributed by atoms with van der Waals surface area (Å²) in [6.45, 7) is 5.49. The highest BCUT2D eigenvalue weighted by Gasteiger charge is 2.64. The van der Waals surface area contributed by atoms with E-state index in [0.717, 1.165) is 12.8 Å². The molecule has 0 bridgehead atoms. The molecule has 1 aliphatic heterocycles. The van der Waals surface area contributed by atoms with Gasteiger partial charge in [0.05, 0.1) is 6.10 Å². The quantitative estimate of drug-likeness (QED) is 0.331. The minimum Gasteiger partial charge on any atom is -0.456 e.